The van der Waals surface area contributed by atoms with E-state index in [2.05, 4.69) is 56.2 Å². The van der Waals surface area contributed by atoms with Crippen LogP contribution in [0, 0.1) is 26.2 Å². The predicted molar refractivity (Wildman–Crippen MR) is 201 cm³/mol. The Morgan fingerprint density at radius 3 is 2.42 bits per heavy atom. The summed E-state index contributed by atoms with van der Waals surface area (Å²) in [5.41, 5.74) is 3.73. The molecule has 2 aliphatic heterocycles. The first-order valence-electron chi connectivity index (χ1n) is 17.5. The standard InChI is InChI=1S/C37H55ClN6O5Si/c1-23-31(30-24(2)42-48-25(30)3)40-32(41-33(23)44-21-37(22-44)15-16-39-20-37)28-17-26(13-14-29(28)38)46-19-27(49-50(11,12)36(7,8)9)18-43(10)34(45)47-35(4,5)6/h13-14,17,27,39H,15-16,18-22H2,1-12H3/t27-/m1/s1. The summed E-state index contributed by atoms with van der Waals surface area (Å²) in [6, 6.07) is 5.53. The third kappa shape index (κ3) is 8.30. The number of rotatable bonds is 10. The number of nitrogens with one attached hydrogen (secondary N) is 1. The minimum Gasteiger partial charge on any atom is -0.491 e. The highest BCUT2D eigenvalue weighted by Crippen LogP contribution is 2.43. The largest absolute Gasteiger partial charge is 0.491 e. The van der Waals surface area contributed by atoms with Crippen LogP contribution in [0.4, 0.5) is 10.6 Å². The van der Waals surface area contributed by atoms with Gasteiger partial charge in [0.25, 0.3) is 0 Å². The molecular formula is C37H55ClN6O5Si. The molecule has 5 rings (SSSR count). The number of benzene rings is 1. The van der Waals surface area contributed by atoms with Crippen LogP contribution in [-0.4, -0.2) is 92.5 Å². The zero-order valence-corrected chi connectivity index (χ0v) is 33.7. The number of nitrogens with zero attached hydrogens (tertiary/aromatic N) is 5. The van der Waals surface area contributed by atoms with Gasteiger partial charge in [0, 0.05) is 43.2 Å². The van der Waals surface area contributed by atoms with Crippen molar-refractivity contribution in [3.05, 3.63) is 40.2 Å². The summed E-state index contributed by atoms with van der Waals surface area (Å²) in [5.74, 6) is 2.68. The number of amides is 1. The number of carbonyl (C=O) groups excluding carboxylic acids is 1. The number of anilines is 1. The third-order valence-electron chi connectivity index (χ3n) is 10.1. The van der Waals surface area contributed by atoms with Crippen LogP contribution < -0.4 is 15.0 Å². The van der Waals surface area contributed by atoms with Crippen LogP contribution >= 0.6 is 11.6 Å². The van der Waals surface area contributed by atoms with Gasteiger partial charge in [-0.15, -0.1) is 0 Å². The van der Waals surface area contributed by atoms with Gasteiger partial charge in [0.2, 0.25) is 0 Å². The number of likely N-dealkylation sites (N-methyl/N-ethyl adjacent to an activating group) is 1. The van der Waals surface area contributed by atoms with Crippen LogP contribution in [0.15, 0.2) is 22.7 Å². The first-order chi connectivity index (χ1) is 23.2. The zero-order chi connectivity index (χ0) is 36.8. The van der Waals surface area contributed by atoms with Crippen LogP contribution in [0.5, 0.6) is 5.75 Å². The number of aryl methyl sites for hydroxylation is 2. The van der Waals surface area contributed by atoms with Crippen molar-refractivity contribution in [2.45, 2.75) is 98.6 Å². The second kappa shape index (κ2) is 14.1. The molecule has 0 unspecified atom stereocenters. The maximum Gasteiger partial charge on any atom is 0.410 e. The molecule has 4 heterocycles. The molecule has 0 radical (unpaired) electrons. The highest BCUT2D eigenvalue weighted by molar-refractivity contribution is 6.74. The van der Waals surface area contributed by atoms with Gasteiger partial charge in [0.15, 0.2) is 14.1 Å². The van der Waals surface area contributed by atoms with Gasteiger partial charge in [-0.05, 0) is 90.8 Å². The normalized spacial score (nSPS) is 16.8. The summed E-state index contributed by atoms with van der Waals surface area (Å²) in [5, 5.41) is 8.22. The van der Waals surface area contributed by atoms with Crippen LogP contribution in [0.1, 0.15) is 65.0 Å². The van der Waals surface area contributed by atoms with Crippen LogP contribution in [-0.2, 0) is 9.16 Å². The molecule has 0 aliphatic carbocycles. The first-order valence-corrected chi connectivity index (χ1v) is 20.8. The summed E-state index contributed by atoms with van der Waals surface area (Å²) >= 11 is 6.88. The Bertz CT molecular complexity index is 1680. The van der Waals surface area contributed by atoms with E-state index in [1.807, 2.05) is 52.8 Å². The van der Waals surface area contributed by atoms with E-state index in [1.54, 1.807) is 11.9 Å². The van der Waals surface area contributed by atoms with E-state index in [-0.39, 0.29) is 17.1 Å². The lowest BCUT2D eigenvalue weighted by molar-refractivity contribution is 0.0172. The van der Waals surface area contributed by atoms with Gasteiger partial charge in [0.1, 0.15) is 29.5 Å². The van der Waals surface area contributed by atoms with Crippen molar-refractivity contribution < 1.29 is 23.2 Å². The van der Waals surface area contributed by atoms with Crippen molar-refractivity contribution in [3.63, 3.8) is 0 Å². The minimum absolute atomic E-state index is 0.0348. The van der Waals surface area contributed by atoms with Gasteiger partial charge in [-0.25, -0.2) is 14.8 Å². The van der Waals surface area contributed by atoms with Crippen molar-refractivity contribution >= 4 is 31.8 Å². The molecule has 1 spiro atoms. The van der Waals surface area contributed by atoms with Crippen molar-refractivity contribution in [2.24, 2.45) is 5.41 Å². The molecular weight excluding hydrogens is 672 g/mol. The zero-order valence-electron chi connectivity index (χ0n) is 31.9. The smallest absolute Gasteiger partial charge is 0.410 e. The highest BCUT2D eigenvalue weighted by atomic mass is 35.5. The fourth-order valence-electron chi connectivity index (χ4n) is 6.37. The van der Waals surface area contributed by atoms with Gasteiger partial charge in [-0.3, -0.25) is 0 Å². The summed E-state index contributed by atoms with van der Waals surface area (Å²) in [6.45, 7) is 26.9. The summed E-state index contributed by atoms with van der Waals surface area (Å²) in [7, 11) is -0.499. The van der Waals surface area contributed by atoms with Crippen molar-refractivity contribution in [1.29, 1.82) is 0 Å². The van der Waals surface area contributed by atoms with E-state index in [1.165, 1.54) is 0 Å². The highest BCUT2D eigenvalue weighted by Gasteiger charge is 2.46. The number of hydrogen-bond acceptors (Lipinski definition) is 10. The Kier molecular flexibility index (Phi) is 10.7. The predicted octanol–water partition coefficient (Wildman–Crippen LogP) is 7.81. The van der Waals surface area contributed by atoms with Gasteiger partial charge >= 0.3 is 6.09 Å². The minimum atomic E-state index is -2.22. The molecule has 2 fully saturated rings. The molecule has 1 N–H and O–H groups in total. The second-order valence-electron chi connectivity index (χ2n) is 16.6. The summed E-state index contributed by atoms with van der Waals surface area (Å²) < 4.78 is 24.4. The summed E-state index contributed by atoms with van der Waals surface area (Å²) in [6.07, 6.45) is 0.356. The Labute approximate surface area is 303 Å². The maximum absolute atomic E-state index is 12.9. The molecule has 1 aromatic carbocycles. The van der Waals surface area contributed by atoms with Crippen molar-refractivity contribution in [1.82, 2.24) is 25.3 Å². The Morgan fingerprint density at radius 1 is 1.14 bits per heavy atom. The molecule has 274 valence electrons. The average Bonchev–Trinajstić information content (AvgIpc) is 3.61. The van der Waals surface area contributed by atoms with Crippen LogP contribution in [0.2, 0.25) is 23.2 Å². The lowest BCUT2D eigenvalue weighted by Gasteiger charge is -2.49. The fourth-order valence-corrected chi connectivity index (χ4v) is 7.90. The Hall–Kier alpha value is -3.19. The lowest BCUT2D eigenvalue weighted by Crippen LogP contribution is -2.58. The topological polar surface area (TPSA) is 115 Å². The van der Waals surface area contributed by atoms with Gasteiger partial charge in [-0.2, -0.15) is 0 Å². The summed E-state index contributed by atoms with van der Waals surface area (Å²) in [4.78, 5) is 27.0. The number of halogens is 1. The van der Waals surface area contributed by atoms with E-state index in [0.29, 0.717) is 34.5 Å². The van der Waals surface area contributed by atoms with Gasteiger partial charge in [0.05, 0.1) is 34.6 Å². The van der Waals surface area contributed by atoms with Crippen LogP contribution in [0.25, 0.3) is 22.6 Å². The number of ether oxygens (including phenoxy) is 2. The molecule has 13 heteroatoms. The van der Waals surface area contributed by atoms with Crippen LogP contribution in [0.3, 0.4) is 0 Å². The molecule has 2 aliphatic rings. The average molecular weight is 727 g/mol. The molecule has 50 heavy (non-hydrogen) atoms. The molecule has 11 nitrogen and oxygen atoms in total. The fraction of sp³-hybridized carbons (Fsp3) is 0.622. The molecule has 3 aromatic rings. The quantitative estimate of drug-likeness (QED) is 0.208. The van der Waals surface area contributed by atoms with Gasteiger partial charge in [-0.1, -0.05) is 37.5 Å². The van der Waals surface area contributed by atoms with Crippen molar-refractivity contribution in [3.8, 4) is 28.4 Å². The monoisotopic (exact) mass is 726 g/mol. The van der Waals surface area contributed by atoms with E-state index >= 15 is 0 Å². The lowest BCUT2D eigenvalue weighted by atomic mass is 9.79. The molecule has 0 saturated carbocycles. The third-order valence-corrected chi connectivity index (χ3v) is 15.0. The van der Waals surface area contributed by atoms with E-state index in [4.69, 9.17) is 40.0 Å². The number of aromatic nitrogens is 3. The molecule has 0 bridgehead atoms. The van der Waals surface area contributed by atoms with E-state index in [0.717, 1.165) is 60.9 Å². The van der Waals surface area contributed by atoms with E-state index in [9.17, 15) is 4.79 Å². The second-order valence-corrected chi connectivity index (χ2v) is 21.8. The SMILES string of the molecule is Cc1noc(C)c1-c1nc(-c2cc(OC[C@@H](CN(C)C(=O)OC(C)(C)C)O[Si](C)(C)C(C)(C)C)ccc2Cl)nc(N2CC3(CCNC3)C2)c1C. The maximum atomic E-state index is 12.9. The Balaban J connectivity index is 1.45. The molecule has 1 atom stereocenters. The Morgan fingerprint density at radius 2 is 1.84 bits per heavy atom. The van der Waals surface area contributed by atoms with Crippen molar-refractivity contribution in [2.75, 3.05) is 51.3 Å². The molecule has 1 amide bonds. The number of hydrogen-bond donors (Lipinski definition) is 1. The van der Waals surface area contributed by atoms with E-state index < -0.39 is 26.1 Å². The number of carbonyl (C=O) groups is 1. The molecule has 2 saturated heterocycles. The van der Waals surface area contributed by atoms with Gasteiger partial charge < -0.3 is 33.5 Å². The first kappa shape index (κ1) is 38.0. The molecule has 2 aromatic heterocycles.